The number of para-hydroxylation sites is 1. The molecule has 3 N–H and O–H groups in total. The summed E-state index contributed by atoms with van der Waals surface area (Å²) in [6.07, 6.45) is 1.48. The van der Waals surface area contributed by atoms with Crippen LogP contribution in [-0.4, -0.2) is 15.6 Å². The van der Waals surface area contributed by atoms with E-state index in [1.54, 1.807) is 16.7 Å². The highest BCUT2D eigenvalue weighted by Crippen LogP contribution is 2.42. The van der Waals surface area contributed by atoms with Gasteiger partial charge < -0.3 is 15.4 Å². The molecule has 0 aliphatic heterocycles. The monoisotopic (exact) mass is 392 g/mol. The van der Waals surface area contributed by atoms with Crippen LogP contribution in [-0.2, 0) is 10.8 Å². The van der Waals surface area contributed by atoms with E-state index in [1.165, 1.54) is 6.20 Å². The van der Waals surface area contributed by atoms with Gasteiger partial charge >= 0.3 is 0 Å². The summed E-state index contributed by atoms with van der Waals surface area (Å²) in [5, 5.41) is 11.6. The van der Waals surface area contributed by atoms with E-state index in [9.17, 15) is 14.7 Å². The first kappa shape index (κ1) is 20.6. The van der Waals surface area contributed by atoms with E-state index in [2.05, 4.69) is 0 Å². The van der Waals surface area contributed by atoms with Crippen LogP contribution in [0.5, 0.6) is 5.75 Å². The van der Waals surface area contributed by atoms with Crippen molar-refractivity contribution in [2.45, 2.75) is 52.4 Å². The predicted molar refractivity (Wildman–Crippen MR) is 117 cm³/mol. The smallest absolute Gasteiger partial charge is 0.254 e. The molecule has 0 radical (unpaired) electrons. The third kappa shape index (κ3) is 3.53. The predicted octanol–water partition coefficient (Wildman–Crippen LogP) is 4.39. The maximum atomic E-state index is 12.7. The molecule has 1 amide bonds. The SMILES string of the molecule is CC(C)(C)c1ccc(-n2cc(C(N)=O)c(=O)c3ccccc32)c(C(C)(C)C)c1O. The van der Waals surface area contributed by atoms with Gasteiger partial charge in [-0.05, 0) is 34.6 Å². The van der Waals surface area contributed by atoms with Crippen molar-refractivity contribution < 1.29 is 9.90 Å². The van der Waals surface area contributed by atoms with Gasteiger partial charge in [-0.3, -0.25) is 9.59 Å². The number of amides is 1. The van der Waals surface area contributed by atoms with E-state index in [-0.39, 0.29) is 16.7 Å². The number of phenolic OH excluding ortho intramolecular Hbond substituents is 1. The first-order valence-corrected chi connectivity index (χ1v) is 9.65. The lowest BCUT2D eigenvalue weighted by Gasteiger charge is -2.30. The van der Waals surface area contributed by atoms with E-state index >= 15 is 0 Å². The van der Waals surface area contributed by atoms with E-state index < -0.39 is 16.8 Å². The zero-order valence-electron chi connectivity index (χ0n) is 17.8. The molecule has 29 heavy (non-hydrogen) atoms. The summed E-state index contributed by atoms with van der Waals surface area (Å²) in [6, 6.07) is 10.9. The lowest BCUT2D eigenvalue weighted by Crippen LogP contribution is -2.25. The molecule has 2 aromatic carbocycles. The van der Waals surface area contributed by atoms with Gasteiger partial charge in [-0.15, -0.1) is 0 Å². The van der Waals surface area contributed by atoms with E-state index in [4.69, 9.17) is 5.73 Å². The van der Waals surface area contributed by atoms with E-state index in [0.29, 0.717) is 16.6 Å². The van der Waals surface area contributed by atoms with Crippen LogP contribution in [0.25, 0.3) is 16.6 Å². The molecule has 0 unspecified atom stereocenters. The Morgan fingerprint density at radius 3 is 2.14 bits per heavy atom. The summed E-state index contributed by atoms with van der Waals surface area (Å²) < 4.78 is 1.78. The number of carbonyl (C=O) groups is 1. The molecule has 5 nitrogen and oxygen atoms in total. The number of nitrogens with two attached hydrogens (primary N) is 1. The van der Waals surface area contributed by atoms with Crippen LogP contribution < -0.4 is 11.2 Å². The average Bonchev–Trinajstić information content (AvgIpc) is 2.59. The lowest BCUT2D eigenvalue weighted by molar-refractivity contribution is 0.0999. The lowest BCUT2D eigenvalue weighted by atomic mass is 9.78. The fourth-order valence-electron chi connectivity index (χ4n) is 3.78. The van der Waals surface area contributed by atoms with Crippen LogP contribution >= 0.6 is 0 Å². The first-order chi connectivity index (χ1) is 13.3. The number of aromatic nitrogens is 1. The van der Waals surface area contributed by atoms with Crippen LogP contribution in [0.2, 0.25) is 0 Å². The summed E-state index contributed by atoms with van der Waals surface area (Å²) in [5.74, 6) is -0.548. The Morgan fingerprint density at radius 1 is 0.966 bits per heavy atom. The number of aromatic hydroxyl groups is 1. The molecule has 0 spiro atoms. The average molecular weight is 392 g/mol. The van der Waals surface area contributed by atoms with Crippen molar-refractivity contribution in [3.63, 3.8) is 0 Å². The molecule has 0 bridgehead atoms. The molecule has 0 aliphatic carbocycles. The summed E-state index contributed by atoms with van der Waals surface area (Å²) in [4.78, 5) is 24.7. The molecule has 0 saturated carbocycles. The Labute approximate surface area is 170 Å². The Kier molecular flexibility index (Phi) is 4.81. The van der Waals surface area contributed by atoms with Gasteiger partial charge in [0.05, 0.1) is 11.2 Å². The van der Waals surface area contributed by atoms with Gasteiger partial charge in [0.1, 0.15) is 11.3 Å². The number of hydrogen-bond acceptors (Lipinski definition) is 3. The van der Waals surface area contributed by atoms with Crippen molar-refractivity contribution in [2.75, 3.05) is 0 Å². The Bertz CT molecular complexity index is 1180. The second-order valence-corrected chi connectivity index (χ2v) is 9.48. The second kappa shape index (κ2) is 6.76. The number of phenols is 1. The largest absolute Gasteiger partial charge is 0.507 e. The first-order valence-electron chi connectivity index (χ1n) is 9.65. The quantitative estimate of drug-likeness (QED) is 0.678. The molecule has 0 atom stereocenters. The summed E-state index contributed by atoms with van der Waals surface area (Å²) >= 11 is 0. The fourth-order valence-corrected chi connectivity index (χ4v) is 3.78. The zero-order chi connectivity index (χ0) is 21.7. The minimum atomic E-state index is -0.776. The number of carbonyl (C=O) groups excluding carboxylic acids is 1. The van der Waals surface area contributed by atoms with Crippen LogP contribution in [0.15, 0.2) is 47.4 Å². The molecule has 0 aliphatic rings. The normalized spacial score (nSPS) is 12.3. The number of primary amides is 1. The summed E-state index contributed by atoms with van der Waals surface area (Å²) in [6.45, 7) is 12.2. The molecular weight excluding hydrogens is 364 g/mol. The number of nitrogens with zero attached hydrogens (tertiary/aromatic N) is 1. The van der Waals surface area contributed by atoms with Gasteiger partial charge in [0.2, 0.25) is 5.43 Å². The van der Waals surface area contributed by atoms with Crippen molar-refractivity contribution in [2.24, 2.45) is 5.73 Å². The standard InChI is InChI=1S/C24H28N2O3/c1-23(2,3)16-11-12-18(19(21(16)28)24(4,5)6)26-13-15(22(25)29)20(27)14-9-7-8-10-17(14)26/h7-13,28H,1-6H3,(H2,25,29). The number of fused-ring (bicyclic) bond motifs is 1. The highest BCUT2D eigenvalue weighted by atomic mass is 16.3. The highest BCUT2D eigenvalue weighted by molar-refractivity contribution is 5.96. The maximum Gasteiger partial charge on any atom is 0.254 e. The molecule has 1 aromatic heterocycles. The topological polar surface area (TPSA) is 85.3 Å². The summed E-state index contributed by atoms with van der Waals surface area (Å²) in [7, 11) is 0. The van der Waals surface area contributed by atoms with E-state index in [0.717, 1.165) is 11.1 Å². The van der Waals surface area contributed by atoms with Crippen molar-refractivity contribution in [3.05, 3.63) is 69.5 Å². The van der Waals surface area contributed by atoms with E-state index in [1.807, 2.05) is 65.8 Å². The molecule has 0 fully saturated rings. The van der Waals surface area contributed by atoms with Gasteiger partial charge in [0.25, 0.3) is 5.91 Å². The third-order valence-electron chi connectivity index (χ3n) is 5.15. The number of pyridine rings is 1. The van der Waals surface area contributed by atoms with Crippen molar-refractivity contribution >= 4 is 16.8 Å². The van der Waals surface area contributed by atoms with Gasteiger partial charge in [0, 0.05) is 17.1 Å². The third-order valence-corrected chi connectivity index (χ3v) is 5.15. The molecular formula is C24H28N2O3. The van der Waals surface area contributed by atoms with Crippen molar-refractivity contribution in [3.8, 4) is 11.4 Å². The fraction of sp³-hybridized carbons (Fsp3) is 0.333. The maximum absolute atomic E-state index is 12.7. The van der Waals surface area contributed by atoms with Crippen LogP contribution in [0, 0.1) is 0 Å². The Hall–Kier alpha value is -3.08. The second-order valence-electron chi connectivity index (χ2n) is 9.48. The minimum Gasteiger partial charge on any atom is -0.507 e. The highest BCUT2D eigenvalue weighted by Gasteiger charge is 2.29. The van der Waals surface area contributed by atoms with Gasteiger partial charge in [-0.2, -0.15) is 0 Å². The van der Waals surface area contributed by atoms with Crippen LogP contribution in [0.4, 0.5) is 0 Å². The molecule has 5 heteroatoms. The Morgan fingerprint density at radius 2 is 1.59 bits per heavy atom. The van der Waals surface area contributed by atoms with Gasteiger partial charge in [0.15, 0.2) is 0 Å². The van der Waals surface area contributed by atoms with Crippen molar-refractivity contribution in [1.29, 1.82) is 0 Å². The molecule has 3 rings (SSSR count). The molecule has 1 heterocycles. The molecule has 3 aromatic rings. The summed E-state index contributed by atoms with van der Waals surface area (Å²) in [5.41, 5.74) is 7.32. The molecule has 0 saturated heterocycles. The van der Waals surface area contributed by atoms with Crippen molar-refractivity contribution in [1.82, 2.24) is 4.57 Å². The number of hydrogen-bond donors (Lipinski definition) is 2. The Balaban J connectivity index is 2.51. The number of benzene rings is 2. The van der Waals surface area contributed by atoms with Crippen LogP contribution in [0.1, 0.15) is 63.0 Å². The number of rotatable bonds is 2. The van der Waals surface area contributed by atoms with Gasteiger partial charge in [-0.1, -0.05) is 59.7 Å². The zero-order valence-corrected chi connectivity index (χ0v) is 17.8. The molecule has 152 valence electrons. The minimum absolute atomic E-state index is 0.0806. The van der Waals surface area contributed by atoms with Gasteiger partial charge in [-0.25, -0.2) is 0 Å². The van der Waals surface area contributed by atoms with Crippen LogP contribution in [0.3, 0.4) is 0 Å².